The summed E-state index contributed by atoms with van der Waals surface area (Å²) in [6, 6.07) is 4.67. The van der Waals surface area contributed by atoms with Gasteiger partial charge in [-0.05, 0) is 12.1 Å². The number of carbonyl (C=O) groups is 2. The van der Waals surface area contributed by atoms with Crippen LogP contribution in [0.4, 0.5) is 0 Å². The average Bonchev–Trinajstić information content (AvgIpc) is 2.47. The Balaban J connectivity index is 2.33. The Kier molecular flexibility index (Phi) is 4.27. The molecule has 21 heavy (non-hydrogen) atoms. The molecule has 0 amide bonds. The van der Waals surface area contributed by atoms with Gasteiger partial charge in [0.25, 0.3) is 0 Å². The zero-order valence-electron chi connectivity index (χ0n) is 10.9. The van der Waals surface area contributed by atoms with Gasteiger partial charge in [0, 0.05) is 18.0 Å². The monoisotopic (exact) mass is 310 g/mol. The number of carboxylic acid groups (broad SMARTS) is 1. The summed E-state index contributed by atoms with van der Waals surface area (Å²) in [5.74, 6) is -1.10. The van der Waals surface area contributed by atoms with Gasteiger partial charge in [0.15, 0.2) is 5.37 Å². The van der Waals surface area contributed by atoms with Crippen LogP contribution in [0.25, 0.3) is 0 Å². The quantitative estimate of drug-likeness (QED) is 0.661. The minimum absolute atomic E-state index is 0.0260. The number of rotatable bonds is 5. The van der Waals surface area contributed by atoms with Crippen LogP contribution in [0.5, 0.6) is 0 Å². The van der Waals surface area contributed by atoms with Gasteiger partial charge in [0.1, 0.15) is 6.29 Å². The predicted octanol–water partition coefficient (Wildman–Crippen LogP) is 0.106. The van der Waals surface area contributed by atoms with E-state index < -0.39 is 27.2 Å². The lowest BCUT2D eigenvalue weighted by atomic mass is 10.2. The van der Waals surface area contributed by atoms with E-state index >= 15 is 0 Å². The summed E-state index contributed by atoms with van der Waals surface area (Å²) >= 11 is 0. The maximum Gasteiger partial charge on any atom is 0.305 e. The Morgan fingerprint density at radius 3 is 2.38 bits per heavy atom. The van der Waals surface area contributed by atoms with Crippen molar-refractivity contribution in [2.24, 2.45) is 0 Å². The summed E-state index contributed by atoms with van der Waals surface area (Å²) in [7, 11) is -3.79. The first kappa shape index (κ1) is 15.0. The van der Waals surface area contributed by atoms with E-state index in [9.17, 15) is 18.0 Å². The predicted molar refractivity (Wildman–Crippen MR) is 74.3 cm³/mol. The minimum atomic E-state index is -3.79. The largest absolute Gasteiger partial charge is 0.481 e. The van der Waals surface area contributed by atoms with E-state index in [1.807, 2.05) is 0 Å². The number of nitrogens with one attached hydrogen (secondary N) is 2. The van der Waals surface area contributed by atoms with E-state index in [0.29, 0.717) is 11.8 Å². The molecule has 0 fully saturated rings. The number of aliphatic carboxylic acids is 1. The second-order valence-electron chi connectivity index (χ2n) is 4.52. The molecular formula is C13H14N2O5S. The molecule has 0 aliphatic carbocycles. The topological polar surface area (TPSA) is 113 Å². The lowest BCUT2D eigenvalue weighted by Crippen LogP contribution is -2.53. The van der Waals surface area contributed by atoms with Crippen molar-refractivity contribution in [2.45, 2.75) is 22.7 Å². The van der Waals surface area contributed by atoms with Crippen molar-refractivity contribution in [3.63, 3.8) is 0 Å². The Bertz CT molecular complexity index is 666. The second kappa shape index (κ2) is 5.96. The molecule has 0 radical (unpaired) electrons. The molecule has 3 N–H and O–H groups in total. The maximum absolute atomic E-state index is 12.6. The third kappa shape index (κ3) is 3.22. The van der Waals surface area contributed by atoms with Crippen molar-refractivity contribution in [3.05, 3.63) is 42.2 Å². The van der Waals surface area contributed by atoms with Crippen LogP contribution in [-0.2, 0) is 14.6 Å². The van der Waals surface area contributed by atoms with E-state index in [2.05, 4.69) is 10.6 Å². The molecule has 0 saturated heterocycles. The Morgan fingerprint density at radius 1 is 1.19 bits per heavy atom. The normalized spacial score (nSPS) is 21.1. The molecule has 0 saturated carbocycles. The molecule has 2 unspecified atom stereocenters. The van der Waals surface area contributed by atoms with Crippen molar-refractivity contribution in [1.82, 2.24) is 10.6 Å². The highest BCUT2D eigenvalue weighted by molar-refractivity contribution is 7.92. The number of carboxylic acids is 1. The lowest BCUT2D eigenvalue weighted by Gasteiger charge is -2.29. The summed E-state index contributed by atoms with van der Waals surface area (Å²) in [6.45, 7) is 0. The van der Waals surface area contributed by atoms with Gasteiger partial charge < -0.3 is 15.7 Å². The number of aldehydes is 1. The fraction of sp³-hybridized carbons (Fsp3) is 0.231. The Hall–Kier alpha value is -2.35. The first-order chi connectivity index (χ1) is 9.95. The highest BCUT2D eigenvalue weighted by Gasteiger charge is 2.36. The summed E-state index contributed by atoms with van der Waals surface area (Å²) in [5.41, 5.74) is 0.366. The highest BCUT2D eigenvalue weighted by Crippen LogP contribution is 2.20. The van der Waals surface area contributed by atoms with Gasteiger partial charge in [-0.2, -0.15) is 0 Å². The van der Waals surface area contributed by atoms with Gasteiger partial charge in [0.05, 0.1) is 17.4 Å². The number of benzene rings is 1. The second-order valence-corrected chi connectivity index (χ2v) is 6.59. The van der Waals surface area contributed by atoms with E-state index in [0.717, 1.165) is 0 Å². The van der Waals surface area contributed by atoms with Crippen LogP contribution in [0.1, 0.15) is 16.8 Å². The van der Waals surface area contributed by atoms with E-state index in [4.69, 9.17) is 5.11 Å². The van der Waals surface area contributed by atoms with E-state index in [-0.39, 0.29) is 11.3 Å². The number of hydrogen-bond donors (Lipinski definition) is 3. The smallest absolute Gasteiger partial charge is 0.305 e. The molecule has 1 aliphatic heterocycles. The molecule has 0 bridgehead atoms. The van der Waals surface area contributed by atoms with Gasteiger partial charge in [-0.15, -0.1) is 0 Å². The summed E-state index contributed by atoms with van der Waals surface area (Å²) < 4.78 is 25.1. The van der Waals surface area contributed by atoms with Crippen LogP contribution in [0.15, 0.2) is 41.6 Å². The van der Waals surface area contributed by atoms with Crippen molar-refractivity contribution in [3.8, 4) is 0 Å². The lowest BCUT2D eigenvalue weighted by molar-refractivity contribution is -0.137. The molecule has 1 aromatic carbocycles. The van der Waals surface area contributed by atoms with Crippen LogP contribution in [0, 0.1) is 0 Å². The van der Waals surface area contributed by atoms with Gasteiger partial charge in [-0.3, -0.25) is 9.59 Å². The van der Waals surface area contributed by atoms with Crippen LogP contribution in [0.2, 0.25) is 0 Å². The molecule has 8 heteroatoms. The Morgan fingerprint density at radius 2 is 1.81 bits per heavy atom. The average molecular weight is 310 g/mol. The molecule has 2 rings (SSSR count). The number of sulfone groups is 1. The fourth-order valence-electron chi connectivity index (χ4n) is 2.06. The fourth-order valence-corrected chi connectivity index (χ4v) is 3.73. The van der Waals surface area contributed by atoms with E-state index in [1.165, 1.54) is 36.7 Å². The van der Waals surface area contributed by atoms with Gasteiger partial charge in [-0.25, -0.2) is 8.42 Å². The van der Waals surface area contributed by atoms with Crippen LogP contribution >= 0.6 is 0 Å². The molecule has 0 spiro atoms. The standard InChI is InChI=1S/C13H14N2O5S/c16-8-9-1-3-10(4-2-9)21(19,20)13-11(7-12(17)18)14-5-6-15-13/h1-6,8,11,13-15H,7H2,(H,17,18). The summed E-state index contributed by atoms with van der Waals surface area (Å²) in [6.07, 6.45) is 3.16. The molecule has 1 aromatic rings. The SMILES string of the molecule is O=Cc1ccc(S(=O)(=O)C2NC=CNC2CC(=O)O)cc1. The first-order valence-electron chi connectivity index (χ1n) is 6.13. The van der Waals surface area contributed by atoms with Crippen molar-refractivity contribution >= 4 is 22.1 Å². The molecule has 1 aliphatic rings. The number of hydrogen-bond acceptors (Lipinski definition) is 6. The molecule has 7 nitrogen and oxygen atoms in total. The summed E-state index contributed by atoms with van der Waals surface area (Å²) in [5, 5.41) is 13.2. The maximum atomic E-state index is 12.6. The Labute approximate surface area is 121 Å². The van der Waals surface area contributed by atoms with Gasteiger partial charge >= 0.3 is 5.97 Å². The molecule has 2 atom stereocenters. The van der Waals surface area contributed by atoms with E-state index in [1.54, 1.807) is 0 Å². The third-order valence-electron chi connectivity index (χ3n) is 3.09. The molecular weight excluding hydrogens is 296 g/mol. The van der Waals surface area contributed by atoms with Crippen LogP contribution < -0.4 is 10.6 Å². The highest BCUT2D eigenvalue weighted by atomic mass is 32.2. The number of carbonyl (C=O) groups excluding carboxylic acids is 1. The molecule has 112 valence electrons. The zero-order chi connectivity index (χ0) is 15.5. The minimum Gasteiger partial charge on any atom is -0.481 e. The molecule has 1 heterocycles. The van der Waals surface area contributed by atoms with Crippen molar-refractivity contribution in [2.75, 3.05) is 0 Å². The zero-order valence-corrected chi connectivity index (χ0v) is 11.7. The summed E-state index contributed by atoms with van der Waals surface area (Å²) in [4.78, 5) is 21.5. The molecule has 0 aromatic heterocycles. The van der Waals surface area contributed by atoms with Crippen LogP contribution in [0.3, 0.4) is 0 Å². The van der Waals surface area contributed by atoms with Gasteiger partial charge in [0.2, 0.25) is 9.84 Å². The van der Waals surface area contributed by atoms with Crippen molar-refractivity contribution < 1.29 is 23.1 Å². The van der Waals surface area contributed by atoms with Crippen molar-refractivity contribution in [1.29, 1.82) is 0 Å². The van der Waals surface area contributed by atoms with Gasteiger partial charge in [-0.1, -0.05) is 12.1 Å². The van der Waals surface area contributed by atoms with Crippen LogP contribution in [-0.4, -0.2) is 37.2 Å². The third-order valence-corrected chi connectivity index (χ3v) is 5.16. The first-order valence-corrected chi connectivity index (χ1v) is 7.68.